The van der Waals surface area contributed by atoms with Gasteiger partial charge in [0.2, 0.25) is 5.91 Å². The molecule has 1 saturated carbocycles. The molecule has 0 aromatic rings. The molecule has 0 bridgehead atoms. The van der Waals surface area contributed by atoms with Crippen LogP contribution in [-0.2, 0) is 4.79 Å². The molecule has 1 amide bonds. The molecule has 0 saturated heterocycles. The number of hydrogen-bond donors (Lipinski definition) is 2. The van der Waals surface area contributed by atoms with Gasteiger partial charge in [0.05, 0.1) is 0 Å². The molecule has 1 aliphatic carbocycles. The van der Waals surface area contributed by atoms with Crippen LogP contribution in [0.15, 0.2) is 0 Å². The van der Waals surface area contributed by atoms with E-state index >= 15 is 0 Å². The standard InChI is InChI=1S/C14H27NO2/c1-4-6-8-14(3,7-5-2)12-9-11(10-12)13(16)15-17/h11-12,17H,4-10H2,1-3H3,(H,15,16). The van der Waals surface area contributed by atoms with Crippen molar-refractivity contribution in [2.24, 2.45) is 17.3 Å². The predicted molar refractivity (Wildman–Crippen MR) is 68.7 cm³/mol. The van der Waals surface area contributed by atoms with Crippen molar-refractivity contribution in [3.63, 3.8) is 0 Å². The second kappa shape index (κ2) is 6.39. The smallest absolute Gasteiger partial charge is 0.246 e. The summed E-state index contributed by atoms with van der Waals surface area (Å²) in [5.41, 5.74) is 2.17. The lowest BCUT2D eigenvalue weighted by Gasteiger charge is -2.47. The molecule has 1 unspecified atom stereocenters. The highest BCUT2D eigenvalue weighted by Gasteiger charge is 2.44. The van der Waals surface area contributed by atoms with Gasteiger partial charge in [-0.3, -0.25) is 10.0 Å². The minimum absolute atomic E-state index is 0.0443. The zero-order valence-corrected chi connectivity index (χ0v) is 11.5. The van der Waals surface area contributed by atoms with E-state index in [1.54, 1.807) is 5.48 Å². The molecule has 3 heteroatoms. The molecule has 0 aromatic heterocycles. The van der Waals surface area contributed by atoms with Crippen LogP contribution in [0.2, 0.25) is 0 Å². The molecule has 0 aromatic carbocycles. The molecular weight excluding hydrogens is 214 g/mol. The first-order valence-electron chi connectivity index (χ1n) is 7.01. The van der Waals surface area contributed by atoms with Gasteiger partial charge in [-0.15, -0.1) is 0 Å². The Morgan fingerprint density at radius 3 is 2.41 bits per heavy atom. The predicted octanol–water partition coefficient (Wildman–Crippen LogP) is 3.51. The van der Waals surface area contributed by atoms with Crippen molar-refractivity contribution >= 4 is 5.91 Å². The minimum Gasteiger partial charge on any atom is -0.289 e. The summed E-state index contributed by atoms with van der Waals surface area (Å²) < 4.78 is 0. The van der Waals surface area contributed by atoms with Crippen LogP contribution in [0.4, 0.5) is 0 Å². The van der Waals surface area contributed by atoms with E-state index in [1.807, 2.05) is 0 Å². The van der Waals surface area contributed by atoms with Gasteiger partial charge >= 0.3 is 0 Å². The number of rotatable bonds is 7. The Morgan fingerprint density at radius 1 is 1.29 bits per heavy atom. The number of nitrogens with one attached hydrogen (secondary N) is 1. The first kappa shape index (κ1) is 14.5. The van der Waals surface area contributed by atoms with Gasteiger partial charge in [-0.05, 0) is 37.0 Å². The van der Waals surface area contributed by atoms with Crippen LogP contribution in [0.3, 0.4) is 0 Å². The van der Waals surface area contributed by atoms with Crippen LogP contribution in [0, 0.1) is 17.3 Å². The maximum atomic E-state index is 11.3. The van der Waals surface area contributed by atoms with E-state index in [0.29, 0.717) is 11.3 Å². The van der Waals surface area contributed by atoms with Crippen molar-refractivity contribution < 1.29 is 10.0 Å². The second-order valence-electron chi connectivity index (χ2n) is 5.85. The minimum atomic E-state index is -0.199. The molecule has 0 aliphatic heterocycles. The number of hydroxylamine groups is 1. The molecule has 1 rings (SSSR count). The lowest BCUT2D eigenvalue weighted by atomic mass is 9.58. The Bertz CT molecular complexity index is 249. The van der Waals surface area contributed by atoms with E-state index < -0.39 is 0 Å². The lowest BCUT2D eigenvalue weighted by molar-refractivity contribution is -0.140. The Kier molecular flexibility index (Phi) is 5.44. The fraction of sp³-hybridized carbons (Fsp3) is 0.929. The van der Waals surface area contributed by atoms with Gasteiger partial charge in [0.15, 0.2) is 0 Å². The van der Waals surface area contributed by atoms with E-state index in [0.717, 1.165) is 12.8 Å². The molecule has 0 spiro atoms. The maximum absolute atomic E-state index is 11.3. The van der Waals surface area contributed by atoms with Gasteiger partial charge in [0.1, 0.15) is 0 Å². The maximum Gasteiger partial charge on any atom is 0.246 e. The number of carbonyl (C=O) groups is 1. The lowest BCUT2D eigenvalue weighted by Crippen LogP contribution is -2.44. The van der Waals surface area contributed by atoms with E-state index in [2.05, 4.69) is 20.8 Å². The Morgan fingerprint density at radius 2 is 1.94 bits per heavy atom. The number of unbranched alkanes of at least 4 members (excludes halogenated alkanes) is 1. The highest BCUT2D eigenvalue weighted by Crippen LogP contribution is 2.50. The molecular formula is C14H27NO2. The van der Waals surface area contributed by atoms with Crippen LogP contribution >= 0.6 is 0 Å². The third-order valence-corrected chi connectivity index (χ3v) is 4.53. The molecule has 17 heavy (non-hydrogen) atoms. The zero-order valence-electron chi connectivity index (χ0n) is 11.5. The molecule has 100 valence electrons. The van der Waals surface area contributed by atoms with E-state index in [-0.39, 0.29) is 11.8 Å². The van der Waals surface area contributed by atoms with Crippen molar-refractivity contribution in [1.29, 1.82) is 0 Å². The van der Waals surface area contributed by atoms with Crippen molar-refractivity contribution in [1.82, 2.24) is 5.48 Å². The normalized spacial score (nSPS) is 27.1. The summed E-state index contributed by atoms with van der Waals surface area (Å²) in [7, 11) is 0. The summed E-state index contributed by atoms with van der Waals surface area (Å²) in [4.78, 5) is 11.3. The van der Waals surface area contributed by atoms with E-state index in [1.165, 1.54) is 32.1 Å². The van der Waals surface area contributed by atoms with Crippen molar-refractivity contribution in [3.05, 3.63) is 0 Å². The summed E-state index contributed by atoms with van der Waals surface area (Å²) in [6, 6.07) is 0. The van der Waals surface area contributed by atoms with Crippen LogP contribution in [0.5, 0.6) is 0 Å². The first-order chi connectivity index (χ1) is 8.07. The van der Waals surface area contributed by atoms with E-state index in [4.69, 9.17) is 5.21 Å². The van der Waals surface area contributed by atoms with Gasteiger partial charge in [0.25, 0.3) is 0 Å². The van der Waals surface area contributed by atoms with Crippen molar-refractivity contribution in [3.8, 4) is 0 Å². The largest absolute Gasteiger partial charge is 0.289 e. The van der Waals surface area contributed by atoms with Crippen molar-refractivity contribution in [2.45, 2.75) is 65.7 Å². The quantitative estimate of drug-likeness (QED) is 0.529. The third kappa shape index (κ3) is 3.44. The second-order valence-corrected chi connectivity index (χ2v) is 5.85. The fourth-order valence-electron chi connectivity index (χ4n) is 3.18. The topological polar surface area (TPSA) is 49.3 Å². The van der Waals surface area contributed by atoms with Gasteiger partial charge < -0.3 is 0 Å². The summed E-state index contributed by atoms with van der Waals surface area (Å²) in [6.45, 7) is 6.85. The molecule has 1 atom stereocenters. The third-order valence-electron chi connectivity index (χ3n) is 4.53. The average molecular weight is 241 g/mol. The van der Waals surface area contributed by atoms with E-state index in [9.17, 15) is 4.79 Å². The molecule has 3 nitrogen and oxygen atoms in total. The highest BCUT2D eigenvalue weighted by molar-refractivity contribution is 5.78. The van der Waals surface area contributed by atoms with Gasteiger partial charge in [-0.1, -0.05) is 40.0 Å². The van der Waals surface area contributed by atoms with Gasteiger partial charge in [-0.2, -0.15) is 0 Å². The summed E-state index contributed by atoms with van der Waals surface area (Å²) in [5.74, 6) is 0.509. The zero-order chi connectivity index (χ0) is 12.9. The monoisotopic (exact) mass is 241 g/mol. The number of carbonyl (C=O) groups excluding carboxylic acids is 1. The molecule has 2 N–H and O–H groups in total. The average Bonchev–Trinajstić information content (AvgIpc) is 2.24. The molecule has 0 heterocycles. The molecule has 1 aliphatic rings. The van der Waals surface area contributed by atoms with Crippen LogP contribution < -0.4 is 5.48 Å². The number of amides is 1. The first-order valence-corrected chi connectivity index (χ1v) is 7.01. The highest BCUT2D eigenvalue weighted by atomic mass is 16.5. The SMILES string of the molecule is CCCCC(C)(CCC)C1CC(C(=O)NO)C1. The summed E-state index contributed by atoms with van der Waals surface area (Å²) in [6.07, 6.45) is 8.17. The molecule has 0 radical (unpaired) electrons. The van der Waals surface area contributed by atoms with Gasteiger partial charge in [-0.25, -0.2) is 5.48 Å². The van der Waals surface area contributed by atoms with Crippen molar-refractivity contribution in [2.75, 3.05) is 0 Å². The Balaban J connectivity index is 2.48. The van der Waals surface area contributed by atoms with Gasteiger partial charge in [0, 0.05) is 5.92 Å². The van der Waals surface area contributed by atoms with Crippen LogP contribution in [-0.4, -0.2) is 11.1 Å². The Hall–Kier alpha value is -0.570. The van der Waals surface area contributed by atoms with Crippen LogP contribution in [0.1, 0.15) is 65.7 Å². The molecule has 1 fully saturated rings. The Labute approximate surface area is 105 Å². The van der Waals surface area contributed by atoms with Crippen LogP contribution in [0.25, 0.3) is 0 Å². The number of hydrogen-bond acceptors (Lipinski definition) is 2. The summed E-state index contributed by atoms with van der Waals surface area (Å²) >= 11 is 0. The fourth-order valence-corrected chi connectivity index (χ4v) is 3.18. The summed E-state index contributed by atoms with van der Waals surface area (Å²) in [5, 5.41) is 8.60.